The highest BCUT2D eigenvalue weighted by atomic mass is 16.5. The number of nitrogens with one attached hydrogen (secondary N) is 1. The molecule has 0 saturated heterocycles. The smallest absolute Gasteiger partial charge is 0.333 e. The Morgan fingerprint density at radius 3 is 2.33 bits per heavy atom. The summed E-state index contributed by atoms with van der Waals surface area (Å²) in [5.41, 5.74) is 3.02. The van der Waals surface area contributed by atoms with Crippen LogP contribution in [0.3, 0.4) is 0 Å². The maximum absolute atomic E-state index is 13.5. The molecule has 0 aliphatic carbocycles. The van der Waals surface area contributed by atoms with E-state index in [4.69, 9.17) is 4.74 Å². The van der Waals surface area contributed by atoms with Gasteiger partial charge in [-0.25, -0.2) is 9.36 Å². The Balaban J connectivity index is 1.43. The Labute approximate surface area is 206 Å². The summed E-state index contributed by atoms with van der Waals surface area (Å²) < 4.78 is 7.33. The second-order valence-corrected chi connectivity index (χ2v) is 8.60. The van der Waals surface area contributed by atoms with Gasteiger partial charge in [-0.15, -0.1) is 0 Å². The molecule has 0 spiro atoms. The molecule has 0 radical (unpaired) electrons. The molecule has 0 fully saturated rings. The summed E-state index contributed by atoms with van der Waals surface area (Å²) in [6.07, 6.45) is 0. The van der Waals surface area contributed by atoms with Crippen molar-refractivity contribution in [2.75, 3.05) is 0 Å². The normalized spacial score (nSPS) is 11.1. The van der Waals surface area contributed by atoms with Crippen molar-refractivity contribution in [3.05, 3.63) is 142 Å². The lowest BCUT2D eigenvalue weighted by Gasteiger charge is -2.13. The van der Waals surface area contributed by atoms with Crippen LogP contribution in [0, 0.1) is 0 Å². The predicted molar refractivity (Wildman–Crippen MR) is 144 cm³/mol. The van der Waals surface area contributed by atoms with Crippen molar-refractivity contribution in [1.82, 2.24) is 9.55 Å². The number of rotatable bonds is 5. The highest BCUT2D eigenvalue weighted by molar-refractivity contribution is 5.91. The molecule has 36 heavy (non-hydrogen) atoms. The van der Waals surface area contributed by atoms with Gasteiger partial charge in [0.25, 0.3) is 5.56 Å². The summed E-state index contributed by atoms with van der Waals surface area (Å²) >= 11 is 0. The first-order valence-electron chi connectivity index (χ1n) is 11.7. The number of hydrogen-bond acceptors (Lipinski definition) is 3. The van der Waals surface area contributed by atoms with E-state index >= 15 is 0 Å². The molecule has 1 aromatic heterocycles. The molecule has 174 valence electrons. The Morgan fingerprint density at radius 1 is 0.694 bits per heavy atom. The van der Waals surface area contributed by atoms with Crippen LogP contribution in [-0.4, -0.2) is 9.55 Å². The van der Waals surface area contributed by atoms with Gasteiger partial charge in [-0.05, 0) is 40.8 Å². The summed E-state index contributed by atoms with van der Waals surface area (Å²) in [6, 6.07) is 36.5. The molecule has 5 aromatic carbocycles. The van der Waals surface area contributed by atoms with Gasteiger partial charge in [0.2, 0.25) is 0 Å². The second kappa shape index (κ2) is 9.04. The minimum Gasteiger partial charge on any atom is -0.488 e. The fourth-order valence-corrected chi connectivity index (χ4v) is 4.57. The fraction of sp³-hybridized carbons (Fsp3) is 0.0323. The lowest BCUT2D eigenvalue weighted by molar-refractivity contribution is 0.307. The second-order valence-electron chi connectivity index (χ2n) is 8.60. The molecule has 5 nitrogen and oxygen atoms in total. The van der Waals surface area contributed by atoms with Gasteiger partial charge >= 0.3 is 5.69 Å². The van der Waals surface area contributed by atoms with E-state index in [2.05, 4.69) is 4.98 Å². The average Bonchev–Trinajstić information content (AvgIpc) is 2.92. The van der Waals surface area contributed by atoms with Crippen LogP contribution in [0.5, 0.6) is 5.75 Å². The van der Waals surface area contributed by atoms with Crippen molar-refractivity contribution in [3.63, 3.8) is 0 Å². The van der Waals surface area contributed by atoms with Crippen LogP contribution in [0.4, 0.5) is 0 Å². The third-order valence-electron chi connectivity index (χ3n) is 6.34. The third kappa shape index (κ3) is 3.87. The molecule has 0 atom stereocenters. The predicted octanol–water partition coefficient (Wildman–Crippen LogP) is 6.08. The number of nitrogens with zero attached hydrogens (tertiary/aromatic N) is 1. The third-order valence-corrected chi connectivity index (χ3v) is 6.34. The highest BCUT2D eigenvalue weighted by Crippen LogP contribution is 2.31. The maximum Gasteiger partial charge on any atom is 0.333 e. The van der Waals surface area contributed by atoms with E-state index in [-0.39, 0.29) is 5.56 Å². The van der Waals surface area contributed by atoms with Crippen molar-refractivity contribution < 1.29 is 4.74 Å². The molecule has 0 saturated carbocycles. The van der Waals surface area contributed by atoms with Crippen LogP contribution >= 0.6 is 0 Å². The Morgan fingerprint density at radius 2 is 1.44 bits per heavy atom. The molecule has 0 amide bonds. The van der Waals surface area contributed by atoms with E-state index in [1.54, 1.807) is 12.1 Å². The molecular weight excluding hydrogens is 448 g/mol. The number of para-hydroxylation sites is 1. The van der Waals surface area contributed by atoms with Crippen LogP contribution < -0.4 is 16.0 Å². The van der Waals surface area contributed by atoms with E-state index in [1.165, 1.54) is 4.57 Å². The summed E-state index contributed by atoms with van der Waals surface area (Å²) in [5.74, 6) is 0.729. The van der Waals surface area contributed by atoms with Gasteiger partial charge in [0, 0.05) is 10.9 Å². The maximum atomic E-state index is 13.5. The van der Waals surface area contributed by atoms with Crippen LogP contribution in [0.2, 0.25) is 0 Å². The first-order valence-corrected chi connectivity index (χ1v) is 11.7. The number of aromatic amines is 1. The molecule has 0 unspecified atom stereocenters. The quantitative estimate of drug-likeness (QED) is 0.332. The standard InChI is InChI=1S/C31H22N2O3/c34-30-26-18-17-23(25-14-6-7-16-29(25)36-20-21-9-2-1-3-10-21)19-27(26)32-31(35)33(30)28-15-8-12-22-11-4-5-13-24(22)28/h1-19H,20H2,(H,32,35). The van der Waals surface area contributed by atoms with E-state index in [0.29, 0.717) is 23.2 Å². The number of benzene rings is 5. The van der Waals surface area contributed by atoms with Crippen molar-refractivity contribution >= 4 is 21.7 Å². The van der Waals surface area contributed by atoms with Crippen molar-refractivity contribution in [2.24, 2.45) is 0 Å². The topological polar surface area (TPSA) is 64.1 Å². The fourth-order valence-electron chi connectivity index (χ4n) is 4.57. The first-order chi connectivity index (χ1) is 17.7. The number of hydrogen-bond donors (Lipinski definition) is 1. The van der Waals surface area contributed by atoms with Gasteiger partial charge in [0.05, 0.1) is 16.6 Å². The number of ether oxygens (including phenoxy) is 1. The molecular formula is C31H22N2O3. The van der Waals surface area contributed by atoms with E-state index in [9.17, 15) is 9.59 Å². The Bertz CT molecular complexity index is 1830. The zero-order chi connectivity index (χ0) is 24.5. The molecule has 0 bridgehead atoms. The van der Waals surface area contributed by atoms with Crippen molar-refractivity contribution in [3.8, 4) is 22.6 Å². The van der Waals surface area contributed by atoms with Gasteiger partial charge in [-0.1, -0.05) is 91.0 Å². The Hall–Kier alpha value is -4.90. The van der Waals surface area contributed by atoms with Crippen molar-refractivity contribution in [2.45, 2.75) is 6.61 Å². The van der Waals surface area contributed by atoms with E-state index in [1.807, 2.05) is 103 Å². The molecule has 1 heterocycles. The summed E-state index contributed by atoms with van der Waals surface area (Å²) in [6.45, 7) is 0.442. The summed E-state index contributed by atoms with van der Waals surface area (Å²) in [4.78, 5) is 29.6. The van der Waals surface area contributed by atoms with Crippen LogP contribution in [0.1, 0.15) is 5.56 Å². The lowest BCUT2D eigenvalue weighted by atomic mass is 10.0. The number of aromatic nitrogens is 2. The minimum absolute atomic E-state index is 0.356. The monoisotopic (exact) mass is 470 g/mol. The van der Waals surface area contributed by atoms with Crippen LogP contribution in [0.15, 0.2) is 125 Å². The average molecular weight is 471 g/mol. The summed E-state index contributed by atoms with van der Waals surface area (Å²) in [5, 5.41) is 2.24. The largest absolute Gasteiger partial charge is 0.488 e. The zero-order valence-electron chi connectivity index (χ0n) is 19.3. The first kappa shape index (κ1) is 21.6. The molecule has 5 heteroatoms. The molecule has 0 aliphatic heterocycles. The van der Waals surface area contributed by atoms with Crippen LogP contribution in [0.25, 0.3) is 38.5 Å². The van der Waals surface area contributed by atoms with Crippen LogP contribution in [-0.2, 0) is 6.61 Å². The van der Waals surface area contributed by atoms with Gasteiger partial charge in [0.1, 0.15) is 12.4 Å². The number of H-pyrrole nitrogens is 1. The van der Waals surface area contributed by atoms with Gasteiger partial charge < -0.3 is 9.72 Å². The van der Waals surface area contributed by atoms with E-state index < -0.39 is 5.69 Å². The van der Waals surface area contributed by atoms with Gasteiger partial charge in [0.15, 0.2) is 0 Å². The highest BCUT2D eigenvalue weighted by Gasteiger charge is 2.14. The zero-order valence-corrected chi connectivity index (χ0v) is 19.3. The minimum atomic E-state index is -0.477. The molecule has 6 aromatic rings. The Kier molecular flexibility index (Phi) is 5.43. The van der Waals surface area contributed by atoms with Crippen molar-refractivity contribution in [1.29, 1.82) is 0 Å². The van der Waals surface area contributed by atoms with Gasteiger partial charge in [-0.3, -0.25) is 4.79 Å². The molecule has 0 aliphatic rings. The van der Waals surface area contributed by atoms with E-state index in [0.717, 1.165) is 33.2 Å². The summed E-state index contributed by atoms with van der Waals surface area (Å²) in [7, 11) is 0. The number of fused-ring (bicyclic) bond motifs is 2. The van der Waals surface area contributed by atoms with Gasteiger partial charge in [-0.2, -0.15) is 0 Å². The molecule has 6 rings (SSSR count). The lowest BCUT2D eigenvalue weighted by Crippen LogP contribution is -2.33. The molecule has 1 N–H and O–H groups in total. The SMILES string of the molecule is O=c1[nH]c2cc(-c3ccccc3OCc3ccccc3)ccc2c(=O)n1-c1cccc2ccccc12.